The standard InChI is InChI=1S/C9H20N2O2/c1-7(2)11-4-8(5-12)10-3-9(11)6-13/h7-10,12-13H,3-6H2,1-2H3. The number of hydrogen-bond donors (Lipinski definition) is 3. The Morgan fingerprint density at radius 1 is 1.38 bits per heavy atom. The molecule has 0 bridgehead atoms. The number of aliphatic hydroxyl groups is 2. The van der Waals surface area contributed by atoms with Crippen LogP contribution in [0.25, 0.3) is 0 Å². The quantitative estimate of drug-likeness (QED) is 0.533. The highest BCUT2D eigenvalue weighted by atomic mass is 16.3. The number of piperazine rings is 1. The number of hydrogen-bond acceptors (Lipinski definition) is 4. The van der Waals surface area contributed by atoms with Crippen LogP contribution in [0.15, 0.2) is 0 Å². The van der Waals surface area contributed by atoms with Gasteiger partial charge in [-0.1, -0.05) is 0 Å². The monoisotopic (exact) mass is 188 g/mol. The van der Waals surface area contributed by atoms with Crippen LogP contribution >= 0.6 is 0 Å². The van der Waals surface area contributed by atoms with Crippen LogP contribution in [0.2, 0.25) is 0 Å². The fourth-order valence-electron chi connectivity index (χ4n) is 1.81. The van der Waals surface area contributed by atoms with E-state index in [1.54, 1.807) is 0 Å². The summed E-state index contributed by atoms with van der Waals surface area (Å²) in [6.07, 6.45) is 0. The van der Waals surface area contributed by atoms with Gasteiger partial charge in [0, 0.05) is 31.2 Å². The van der Waals surface area contributed by atoms with Crippen molar-refractivity contribution in [3.05, 3.63) is 0 Å². The first kappa shape index (κ1) is 10.9. The molecule has 2 unspecified atom stereocenters. The summed E-state index contributed by atoms with van der Waals surface area (Å²) < 4.78 is 0. The summed E-state index contributed by atoms with van der Waals surface area (Å²) in [7, 11) is 0. The molecule has 0 aromatic carbocycles. The third-order valence-electron chi connectivity index (χ3n) is 2.64. The molecule has 4 nitrogen and oxygen atoms in total. The third-order valence-corrected chi connectivity index (χ3v) is 2.64. The van der Waals surface area contributed by atoms with E-state index in [4.69, 9.17) is 10.2 Å². The van der Waals surface area contributed by atoms with Crippen molar-refractivity contribution in [2.75, 3.05) is 26.3 Å². The van der Waals surface area contributed by atoms with E-state index in [1.165, 1.54) is 0 Å². The Morgan fingerprint density at radius 3 is 2.54 bits per heavy atom. The highest BCUT2D eigenvalue weighted by Crippen LogP contribution is 2.10. The van der Waals surface area contributed by atoms with Gasteiger partial charge in [-0.3, -0.25) is 4.90 Å². The van der Waals surface area contributed by atoms with Crippen molar-refractivity contribution in [3.63, 3.8) is 0 Å². The molecular formula is C9H20N2O2. The van der Waals surface area contributed by atoms with E-state index in [-0.39, 0.29) is 25.3 Å². The maximum Gasteiger partial charge on any atom is 0.0599 e. The van der Waals surface area contributed by atoms with Gasteiger partial charge in [-0.05, 0) is 13.8 Å². The fraction of sp³-hybridized carbons (Fsp3) is 1.00. The van der Waals surface area contributed by atoms with Gasteiger partial charge in [0.1, 0.15) is 0 Å². The molecule has 3 N–H and O–H groups in total. The lowest BCUT2D eigenvalue weighted by molar-refractivity contribution is 0.0431. The summed E-state index contributed by atoms with van der Waals surface area (Å²) in [6.45, 7) is 6.16. The Bertz CT molecular complexity index is 153. The van der Waals surface area contributed by atoms with Crippen LogP contribution in [0.3, 0.4) is 0 Å². The van der Waals surface area contributed by atoms with Crippen LogP contribution in [0, 0.1) is 0 Å². The topological polar surface area (TPSA) is 55.7 Å². The first-order valence-corrected chi connectivity index (χ1v) is 4.90. The van der Waals surface area contributed by atoms with Gasteiger partial charge in [-0.2, -0.15) is 0 Å². The lowest BCUT2D eigenvalue weighted by atomic mass is 10.1. The summed E-state index contributed by atoms with van der Waals surface area (Å²) in [5.74, 6) is 0. The summed E-state index contributed by atoms with van der Waals surface area (Å²) in [5.41, 5.74) is 0. The van der Waals surface area contributed by atoms with Crippen molar-refractivity contribution in [1.82, 2.24) is 10.2 Å². The Kier molecular flexibility index (Phi) is 4.12. The minimum atomic E-state index is 0.158. The molecule has 1 saturated heterocycles. The molecule has 0 amide bonds. The van der Waals surface area contributed by atoms with Crippen molar-refractivity contribution in [1.29, 1.82) is 0 Å². The molecule has 1 heterocycles. The van der Waals surface area contributed by atoms with Gasteiger partial charge in [0.15, 0.2) is 0 Å². The van der Waals surface area contributed by atoms with Gasteiger partial charge in [0.2, 0.25) is 0 Å². The average molecular weight is 188 g/mol. The summed E-state index contributed by atoms with van der Waals surface area (Å²) in [4.78, 5) is 2.23. The first-order valence-electron chi connectivity index (χ1n) is 4.90. The van der Waals surface area contributed by atoms with E-state index in [0.29, 0.717) is 6.04 Å². The summed E-state index contributed by atoms with van der Waals surface area (Å²) in [5, 5.41) is 21.3. The van der Waals surface area contributed by atoms with Crippen LogP contribution < -0.4 is 5.32 Å². The molecule has 1 aliphatic heterocycles. The highest BCUT2D eigenvalue weighted by molar-refractivity contribution is 4.86. The zero-order valence-electron chi connectivity index (χ0n) is 8.40. The molecule has 1 fully saturated rings. The van der Waals surface area contributed by atoms with E-state index in [9.17, 15) is 0 Å². The molecule has 4 heteroatoms. The van der Waals surface area contributed by atoms with Crippen molar-refractivity contribution in [3.8, 4) is 0 Å². The molecule has 13 heavy (non-hydrogen) atoms. The first-order chi connectivity index (χ1) is 6.19. The minimum absolute atomic E-state index is 0.158. The Hall–Kier alpha value is -0.160. The summed E-state index contributed by atoms with van der Waals surface area (Å²) in [6, 6.07) is 0.779. The molecule has 0 saturated carbocycles. The zero-order chi connectivity index (χ0) is 9.84. The largest absolute Gasteiger partial charge is 0.395 e. The predicted molar refractivity (Wildman–Crippen MR) is 51.6 cm³/mol. The number of rotatable bonds is 3. The van der Waals surface area contributed by atoms with Crippen LogP contribution in [0.4, 0.5) is 0 Å². The molecule has 0 radical (unpaired) electrons. The number of aliphatic hydroxyl groups excluding tert-OH is 2. The Labute approximate surface area is 79.6 Å². The molecule has 0 spiro atoms. The molecule has 1 rings (SSSR count). The fourth-order valence-corrected chi connectivity index (χ4v) is 1.81. The molecular weight excluding hydrogens is 168 g/mol. The maximum atomic E-state index is 9.13. The molecule has 78 valence electrons. The van der Waals surface area contributed by atoms with Gasteiger partial charge < -0.3 is 15.5 Å². The molecule has 1 aliphatic rings. The predicted octanol–water partition coefficient (Wildman–Crippen LogP) is -0.978. The Balaban J connectivity index is 2.52. The van der Waals surface area contributed by atoms with Crippen LogP contribution in [-0.2, 0) is 0 Å². The molecule has 0 aromatic heterocycles. The van der Waals surface area contributed by atoms with Gasteiger partial charge in [0.05, 0.1) is 13.2 Å². The second-order valence-corrected chi connectivity index (χ2v) is 3.91. The van der Waals surface area contributed by atoms with Crippen LogP contribution in [-0.4, -0.2) is 59.5 Å². The average Bonchev–Trinajstić information content (AvgIpc) is 2.16. The van der Waals surface area contributed by atoms with E-state index in [0.717, 1.165) is 13.1 Å². The number of nitrogens with zero attached hydrogens (tertiary/aromatic N) is 1. The highest BCUT2D eigenvalue weighted by Gasteiger charge is 2.28. The van der Waals surface area contributed by atoms with Crippen molar-refractivity contribution < 1.29 is 10.2 Å². The van der Waals surface area contributed by atoms with Crippen LogP contribution in [0.1, 0.15) is 13.8 Å². The second-order valence-electron chi connectivity index (χ2n) is 3.91. The van der Waals surface area contributed by atoms with Crippen LogP contribution in [0.5, 0.6) is 0 Å². The SMILES string of the molecule is CC(C)N1CC(CO)NCC1CO. The summed E-state index contributed by atoms with van der Waals surface area (Å²) >= 11 is 0. The molecule has 0 aliphatic carbocycles. The van der Waals surface area contributed by atoms with Gasteiger partial charge in [-0.25, -0.2) is 0 Å². The lowest BCUT2D eigenvalue weighted by Crippen LogP contribution is -2.60. The van der Waals surface area contributed by atoms with E-state index >= 15 is 0 Å². The van der Waals surface area contributed by atoms with Gasteiger partial charge in [0.25, 0.3) is 0 Å². The lowest BCUT2D eigenvalue weighted by Gasteiger charge is -2.41. The minimum Gasteiger partial charge on any atom is -0.395 e. The van der Waals surface area contributed by atoms with E-state index in [1.807, 2.05) is 0 Å². The number of nitrogens with one attached hydrogen (secondary N) is 1. The van der Waals surface area contributed by atoms with Crippen molar-refractivity contribution >= 4 is 0 Å². The molecule has 0 aromatic rings. The zero-order valence-corrected chi connectivity index (χ0v) is 8.40. The van der Waals surface area contributed by atoms with E-state index in [2.05, 4.69) is 24.1 Å². The molecule has 2 atom stereocenters. The van der Waals surface area contributed by atoms with Crippen molar-refractivity contribution in [2.24, 2.45) is 0 Å². The van der Waals surface area contributed by atoms with E-state index < -0.39 is 0 Å². The second kappa shape index (κ2) is 4.91. The van der Waals surface area contributed by atoms with Gasteiger partial charge >= 0.3 is 0 Å². The van der Waals surface area contributed by atoms with Gasteiger partial charge in [-0.15, -0.1) is 0 Å². The smallest absolute Gasteiger partial charge is 0.0599 e. The normalized spacial score (nSPS) is 31.2. The van der Waals surface area contributed by atoms with Crippen molar-refractivity contribution in [2.45, 2.75) is 32.0 Å². The Morgan fingerprint density at radius 2 is 2.08 bits per heavy atom. The maximum absolute atomic E-state index is 9.13. The third kappa shape index (κ3) is 2.64.